The summed E-state index contributed by atoms with van der Waals surface area (Å²) in [5, 5.41) is 3.11. The van der Waals surface area contributed by atoms with E-state index in [9.17, 15) is 0 Å². The Morgan fingerprint density at radius 1 is 0.833 bits per heavy atom. The summed E-state index contributed by atoms with van der Waals surface area (Å²) >= 11 is 0. The second-order valence-corrected chi connectivity index (χ2v) is 7.45. The molecule has 0 spiro atoms. The lowest BCUT2D eigenvalue weighted by atomic mass is 9.76. The number of allylic oxidation sites excluding steroid dienone is 1. The number of hydrogen-bond donors (Lipinski definition) is 1. The molecule has 0 saturated carbocycles. The molecule has 1 heterocycles. The van der Waals surface area contributed by atoms with E-state index >= 15 is 0 Å². The molecule has 24 heavy (non-hydrogen) atoms. The topological polar surface area (TPSA) is 21.3 Å². The average molecular weight is 336 g/mol. The lowest BCUT2D eigenvalue weighted by Gasteiger charge is -2.31. The molecule has 0 aliphatic carbocycles. The third-order valence-corrected chi connectivity index (χ3v) is 5.73. The summed E-state index contributed by atoms with van der Waals surface area (Å²) in [6.07, 6.45) is 21.0. The largest absolute Gasteiger partial charge is 0.444 e. The van der Waals surface area contributed by atoms with Crippen LogP contribution in [0.2, 0.25) is 0 Å². The Hall–Kier alpha value is -0.920. The summed E-state index contributed by atoms with van der Waals surface area (Å²) in [7, 11) is 0. The van der Waals surface area contributed by atoms with Crippen molar-refractivity contribution in [3.8, 4) is 0 Å². The molecule has 2 heteroatoms. The molecule has 1 aliphatic rings. The van der Waals surface area contributed by atoms with Crippen LogP contribution in [0.15, 0.2) is 24.4 Å². The van der Waals surface area contributed by atoms with E-state index in [1.807, 2.05) is 6.20 Å². The van der Waals surface area contributed by atoms with E-state index < -0.39 is 0 Å². The molecule has 140 valence electrons. The summed E-state index contributed by atoms with van der Waals surface area (Å²) in [6.45, 7) is 10.7. The Bertz CT molecular complexity index is 368. The summed E-state index contributed by atoms with van der Waals surface area (Å²) < 4.78 is 5.81. The van der Waals surface area contributed by atoms with Crippen molar-refractivity contribution < 1.29 is 4.74 Å². The molecule has 0 bridgehead atoms. The van der Waals surface area contributed by atoms with Gasteiger partial charge in [0.15, 0.2) is 5.88 Å². The van der Waals surface area contributed by atoms with Crippen molar-refractivity contribution in [2.24, 2.45) is 5.41 Å². The van der Waals surface area contributed by atoms with E-state index in [0.717, 1.165) is 18.6 Å². The Balaban J connectivity index is 2.11. The highest BCUT2D eigenvalue weighted by atomic mass is 16.5. The molecule has 0 aromatic rings. The fourth-order valence-corrected chi connectivity index (χ4v) is 3.80. The van der Waals surface area contributed by atoms with Crippen molar-refractivity contribution in [1.29, 1.82) is 0 Å². The van der Waals surface area contributed by atoms with Gasteiger partial charge in [0.25, 0.3) is 0 Å². The summed E-state index contributed by atoms with van der Waals surface area (Å²) in [5.74, 6) is 1.78. The predicted molar refractivity (Wildman–Crippen MR) is 106 cm³/mol. The zero-order valence-electron chi connectivity index (χ0n) is 16.6. The SMILES string of the molecule is C=C1NC=C(C(CC)(CC)CCCCCCCCCCCCC)O1. The molecule has 1 aliphatic heterocycles. The van der Waals surface area contributed by atoms with Gasteiger partial charge in [0.05, 0.1) is 0 Å². The van der Waals surface area contributed by atoms with Gasteiger partial charge < -0.3 is 10.1 Å². The predicted octanol–water partition coefficient (Wildman–Crippen LogP) is 7.43. The number of rotatable bonds is 15. The van der Waals surface area contributed by atoms with E-state index in [2.05, 4.69) is 32.7 Å². The minimum atomic E-state index is 0.200. The molecule has 0 saturated heterocycles. The van der Waals surface area contributed by atoms with Gasteiger partial charge in [-0.25, -0.2) is 0 Å². The lowest BCUT2D eigenvalue weighted by Crippen LogP contribution is -2.22. The van der Waals surface area contributed by atoms with Gasteiger partial charge >= 0.3 is 0 Å². The standard InChI is InChI=1S/C22H41NO/c1-5-8-9-10-11-12-13-14-15-16-17-18-22(6-2,7-3)21-19-23-20(4)24-21/h19,23H,4-18H2,1-3H3. The van der Waals surface area contributed by atoms with Crippen molar-refractivity contribution >= 4 is 0 Å². The first-order chi connectivity index (χ1) is 11.7. The molecule has 0 fully saturated rings. The maximum absolute atomic E-state index is 5.81. The van der Waals surface area contributed by atoms with E-state index in [0.29, 0.717) is 5.88 Å². The van der Waals surface area contributed by atoms with Crippen LogP contribution in [-0.4, -0.2) is 0 Å². The highest BCUT2D eigenvalue weighted by Gasteiger charge is 2.34. The monoisotopic (exact) mass is 335 g/mol. The third-order valence-electron chi connectivity index (χ3n) is 5.73. The van der Waals surface area contributed by atoms with E-state index in [-0.39, 0.29) is 5.41 Å². The van der Waals surface area contributed by atoms with Crippen molar-refractivity contribution in [3.63, 3.8) is 0 Å². The first kappa shape index (κ1) is 21.1. The third kappa shape index (κ3) is 7.32. The smallest absolute Gasteiger partial charge is 0.189 e. The summed E-state index contributed by atoms with van der Waals surface area (Å²) in [4.78, 5) is 0. The van der Waals surface area contributed by atoms with Crippen LogP contribution in [0.5, 0.6) is 0 Å². The molecule has 0 atom stereocenters. The second kappa shape index (κ2) is 12.4. The quantitative estimate of drug-likeness (QED) is 0.314. The lowest BCUT2D eigenvalue weighted by molar-refractivity contribution is 0.161. The molecule has 0 unspecified atom stereocenters. The second-order valence-electron chi connectivity index (χ2n) is 7.45. The molecule has 1 rings (SSSR count). The molecule has 0 radical (unpaired) electrons. The first-order valence-electron chi connectivity index (χ1n) is 10.5. The highest BCUT2D eigenvalue weighted by Crippen LogP contribution is 2.42. The minimum Gasteiger partial charge on any atom is -0.444 e. The minimum absolute atomic E-state index is 0.200. The molecular formula is C22H41NO. The van der Waals surface area contributed by atoms with Crippen LogP contribution in [0.3, 0.4) is 0 Å². The van der Waals surface area contributed by atoms with Crippen LogP contribution in [0.4, 0.5) is 0 Å². The maximum Gasteiger partial charge on any atom is 0.189 e. The number of unbranched alkanes of at least 4 members (excludes halogenated alkanes) is 10. The van der Waals surface area contributed by atoms with E-state index in [1.54, 1.807) is 0 Å². The van der Waals surface area contributed by atoms with Gasteiger partial charge in [-0.2, -0.15) is 0 Å². The van der Waals surface area contributed by atoms with Crippen LogP contribution >= 0.6 is 0 Å². The van der Waals surface area contributed by atoms with Crippen LogP contribution in [0.25, 0.3) is 0 Å². The molecule has 1 N–H and O–H groups in total. The Labute approximate surface area is 151 Å². The maximum atomic E-state index is 5.81. The van der Waals surface area contributed by atoms with Crippen molar-refractivity contribution in [2.45, 2.75) is 111 Å². The molecule has 2 nitrogen and oxygen atoms in total. The number of hydrogen-bond acceptors (Lipinski definition) is 2. The average Bonchev–Trinajstić information content (AvgIpc) is 3.03. The van der Waals surface area contributed by atoms with Crippen molar-refractivity contribution in [1.82, 2.24) is 5.32 Å². The van der Waals surface area contributed by atoms with Crippen LogP contribution < -0.4 is 5.32 Å². The van der Waals surface area contributed by atoms with Gasteiger partial charge in [0, 0.05) is 11.6 Å². The normalized spacial score (nSPS) is 14.5. The Morgan fingerprint density at radius 2 is 1.33 bits per heavy atom. The highest BCUT2D eigenvalue weighted by molar-refractivity contribution is 5.16. The van der Waals surface area contributed by atoms with Crippen LogP contribution in [0, 0.1) is 5.41 Å². The van der Waals surface area contributed by atoms with Crippen molar-refractivity contribution in [3.05, 3.63) is 24.4 Å². The Kier molecular flexibility index (Phi) is 11.0. The van der Waals surface area contributed by atoms with E-state index in [1.165, 1.54) is 77.0 Å². The van der Waals surface area contributed by atoms with Gasteiger partial charge in [0.1, 0.15) is 5.76 Å². The molecule has 0 aromatic heterocycles. The zero-order chi connectivity index (χ0) is 17.7. The van der Waals surface area contributed by atoms with E-state index in [4.69, 9.17) is 4.74 Å². The molecular weight excluding hydrogens is 294 g/mol. The molecule has 0 aromatic carbocycles. The fourth-order valence-electron chi connectivity index (χ4n) is 3.80. The van der Waals surface area contributed by atoms with Gasteiger partial charge in [-0.3, -0.25) is 0 Å². The zero-order valence-corrected chi connectivity index (χ0v) is 16.6. The molecule has 0 amide bonds. The summed E-state index contributed by atoms with van der Waals surface area (Å²) in [5.41, 5.74) is 0.200. The van der Waals surface area contributed by atoms with Gasteiger partial charge in [-0.15, -0.1) is 0 Å². The summed E-state index contributed by atoms with van der Waals surface area (Å²) in [6, 6.07) is 0. The fraction of sp³-hybridized carbons (Fsp3) is 0.818. The van der Waals surface area contributed by atoms with Gasteiger partial charge in [-0.1, -0.05) is 91.4 Å². The van der Waals surface area contributed by atoms with Crippen LogP contribution in [-0.2, 0) is 4.74 Å². The number of nitrogens with one attached hydrogen (secondary N) is 1. The van der Waals surface area contributed by atoms with Crippen LogP contribution in [0.1, 0.15) is 111 Å². The van der Waals surface area contributed by atoms with Gasteiger partial charge in [-0.05, 0) is 25.8 Å². The van der Waals surface area contributed by atoms with Crippen molar-refractivity contribution in [2.75, 3.05) is 0 Å². The number of ether oxygens (including phenoxy) is 1. The Morgan fingerprint density at radius 3 is 1.75 bits per heavy atom. The first-order valence-corrected chi connectivity index (χ1v) is 10.5. The van der Waals surface area contributed by atoms with Gasteiger partial charge in [0.2, 0.25) is 0 Å².